The van der Waals surface area contributed by atoms with E-state index >= 15 is 0 Å². The van der Waals surface area contributed by atoms with E-state index in [-0.39, 0.29) is 0 Å². The van der Waals surface area contributed by atoms with Crippen LogP contribution in [0.5, 0.6) is 0 Å². The molecule has 0 N–H and O–H groups in total. The average molecular weight is 431 g/mol. The minimum Gasteiger partial charge on any atom is -0.438 e. The first-order chi connectivity index (χ1) is 15.8. The van der Waals surface area contributed by atoms with Crippen LogP contribution >= 0.6 is 11.3 Å². The number of benzene rings is 4. The highest BCUT2D eigenvalue weighted by Crippen LogP contribution is 2.31. The third kappa shape index (κ3) is 3.41. The molecule has 0 aliphatic rings. The van der Waals surface area contributed by atoms with E-state index in [9.17, 15) is 0 Å². The Morgan fingerprint density at radius 2 is 1.47 bits per heavy atom. The summed E-state index contributed by atoms with van der Waals surface area (Å²) in [6.45, 7) is 0. The molecule has 4 aromatic carbocycles. The molecule has 0 amide bonds. The van der Waals surface area contributed by atoms with Gasteiger partial charge < -0.3 is 4.42 Å². The van der Waals surface area contributed by atoms with Gasteiger partial charge in [0.1, 0.15) is 10.6 Å². The maximum absolute atomic E-state index is 6.37. The molecule has 3 nitrogen and oxygen atoms in total. The van der Waals surface area contributed by atoms with E-state index in [1.807, 2.05) is 54.6 Å². The second-order valence-corrected chi connectivity index (χ2v) is 8.37. The first-order valence-electron chi connectivity index (χ1n) is 10.4. The van der Waals surface area contributed by atoms with E-state index in [0.29, 0.717) is 5.55 Å². The van der Waals surface area contributed by atoms with Crippen LogP contribution in [0.1, 0.15) is 0 Å². The van der Waals surface area contributed by atoms with Crippen molar-refractivity contribution in [3.63, 3.8) is 0 Å². The molecule has 0 radical (unpaired) electrons. The van der Waals surface area contributed by atoms with Crippen LogP contribution in [0.4, 0.5) is 5.69 Å². The van der Waals surface area contributed by atoms with Gasteiger partial charge >= 0.3 is 0 Å². The molecule has 0 atom stereocenters. The van der Waals surface area contributed by atoms with Crippen LogP contribution < -0.4 is 5.55 Å². The zero-order valence-electron chi connectivity index (χ0n) is 17.1. The number of aromatic nitrogens is 1. The molecular weight excluding hydrogens is 412 g/mol. The summed E-state index contributed by atoms with van der Waals surface area (Å²) < 4.78 is 6.37. The van der Waals surface area contributed by atoms with Gasteiger partial charge in [0, 0.05) is 16.3 Å². The molecule has 6 rings (SSSR count). The van der Waals surface area contributed by atoms with E-state index < -0.39 is 0 Å². The lowest BCUT2D eigenvalue weighted by molar-refractivity contribution is 0.548. The first-order valence-corrected chi connectivity index (χ1v) is 11.3. The second-order valence-electron chi connectivity index (χ2n) is 7.52. The summed E-state index contributed by atoms with van der Waals surface area (Å²) in [5.41, 5.74) is 5.16. The van der Waals surface area contributed by atoms with Gasteiger partial charge in [0.05, 0.1) is 16.9 Å². The van der Waals surface area contributed by atoms with Gasteiger partial charge in [-0.05, 0) is 35.0 Å². The van der Waals surface area contributed by atoms with Gasteiger partial charge in [-0.1, -0.05) is 78.9 Å². The largest absolute Gasteiger partial charge is 0.438 e. The first kappa shape index (κ1) is 18.7. The Hall–Kier alpha value is -4.02. The van der Waals surface area contributed by atoms with Crippen LogP contribution in [-0.2, 0) is 0 Å². The maximum Gasteiger partial charge on any atom is 0.230 e. The fraction of sp³-hybridized carbons (Fsp3) is 0. The topological polar surface area (TPSA) is 38.4 Å². The van der Waals surface area contributed by atoms with Gasteiger partial charge in [-0.25, -0.2) is 9.98 Å². The van der Waals surface area contributed by atoms with Gasteiger partial charge in [-0.15, -0.1) is 11.3 Å². The Labute approximate surface area is 189 Å². The molecular formula is C28H18N2OS. The zero-order chi connectivity index (χ0) is 21.3. The highest BCUT2D eigenvalue weighted by atomic mass is 32.1. The van der Waals surface area contributed by atoms with Crippen molar-refractivity contribution < 1.29 is 4.42 Å². The van der Waals surface area contributed by atoms with E-state index in [2.05, 4.69) is 53.9 Å². The van der Waals surface area contributed by atoms with Crippen LogP contribution in [-0.4, -0.2) is 4.98 Å². The Bertz CT molecular complexity index is 1620. The SMILES string of the molecule is c1ccc(N=c2oc3ccc4ccccc4c3cc2-c2nc(-c3ccccc3)cs2)cc1. The van der Waals surface area contributed by atoms with Crippen molar-refractivity contribution in [2.75, 3.05) is 0 Å². The van der Waals surface area contributed by atoms with Crippen molar-refractivity contribution in [2.45, 2.75) is 0 Å². The van der Waals surface area contributed by atoms with Crippen molar-refractivity contribution in [2.24, 2.45) is 4.99 Å². The second kappa shape index (κ2) is 7.91. The number of rotatable bonds is 3. The summed E-state index contributed by atoms with van der Waals surface area (Å²) in [6, 6.07) is 34.7. The molecule has 152 valence electrons. The van der Waals surface area contributed by atoms with Crippen LogP contribution in [0.15, 0.2) is 118 Å². The molecule has 2 heterocycles. The van der Waals surface area contributed by atoms with Gasteiger partial charge in [-0.2, -0.15) is 0 Å². The highest BCUT2D eigenvalue weighted by molar-refractivity contribution is 7.13. The van der Waals surface area contributed by atoms with E-state index in [1.165, 1.54) is 5.39 Å². The van der Waals surface area contributed by atoms with Crippen molar-refractivity contribution >= 4 is 38.8 Å². The zero-order valence-corrected chi connectivity index (χ0v) is 17.9. The number of hydrogen-bond acceptors (Lipinski definition) is 4. The minimum absolute atomic E-state index is 0.563. The quantitative estimate of drug-likeness (QED) is 0.271. The number of para-hydroxylation sites is 1. The summed E-state index contributed by atoms with van der Waals surface area (Å²) in [4.78, 5) is 9.77. The fourth-order valence-corrected chi connectivity index (χ4v) is 4.71. The standard InChI is InChI=1S/C28H18N2OS/c1-3-10-20(11-4-1)25-18-32-28(30-25)24-17-23-22-14-8-7-9-19(22)15-16-26(23)31-27(24)29-21-12-5-2-6-13-21/h1-18H. The van der Waals surface area contributed by atoms with E-state index in [1.54, 1.807) is 11.3 Å². The molecule has 2 aromatic heterocycles. The van der Waals surface area contributed by atoms with E-state index in [0.717, 1.165) is 43.9 Å². The van der Waals surface area contributed by atoms with Crippen LogP contribution in [0.2, 0.25) is 0 Å². The highest BCUT2D eigenvalue weighted by Gasteiger charge is 2.13. The Balaban J connectivity index is 1.63. The average Bonchev–Trinajstić information content (AvgIpc) is 3.35. The summed E-state index contributed by atoms with van der Waals surface area (Å²) in [7, 11) is 0. The number of nitrogens with zero attached hydrogens (tertiary/aromatic N) is 2. The molecule has 4 heteroatoms. The van der Waals surface area contributed by atoms with Crippen molar-refractivity contribution in [1.82, 2.24) is 4.98 Å². The molecule has 0 fully saturated rings. The third-order valence-electron chi connectivity index (χ3n) is 5.45. The van der Waals surface area contributed by atoms with Crippen LogP contribution in [0.3, 0.4) is 0 Å². The Kier molecular flexibility index (Phi) is 4.63. The Morgan fingerprint density at radius 1 is 0.719 bits per heavy atom. The van der Waals surface area contributed by atoms with Crippen molar-refractivity contribution in [3.8, 4) is 21.8 Å². The molecule has 0 spiro atoms. The number of thiazole rings is 1. The number of fused-ring (bicyclic) bond motifs is 3. The fourth-order valence-electron chi connectivity index (χ4n) is 3.87. The van der Waals surface area contributed by atoms with Gasteiger partial charge in [0.25, 0.3) is 0 Å². The predicted molar refractivity (Wildman–Crippen MR) is 132 cm³/mol. The smallest absolute Gasteiger partial charge is 0.230 e. The minimum atomic E-state index is 0.563. The summed E-state index contributed by atoms with van der Waals surface area (Å²) in [5, 5.41) is 6.36. The molecule has 0 aliphatic carbocycles. The molecule has 0 bridgehead atoms. The lowest BCUT2D eigenvalue weighted by Gasteiger charge is -2.06. The van der Waals surface area contributed by atoms with Crippen LogP contribution in [0.25, 0.3) is 43.6 Å². The predicted octanol–water partition coefficient (Wildman–Crippen LogP) is 7.61. The molecule has 0 saturated heterocycles. The maximum atomic E-state index is 6.37. The monoisotopic (exact) mass is 430 g/mol. The summed E-state index contributed by atoms with van der Waals surface area (Å²) >= 11 is 1.61. The third-order valence-corrected chi connectivity index (χ3v) is 6.32. The van der Waals surface area contributed by atoms with Gasteiger partial charge in [-0.3, -0.25) is 0 Å². The lowest BCUT2D eigenvalue weighted by Crippen LogP contribution is -2.05. The van der Waals surface area contributed by atoms with Gasteiger partial charge in [0.15, 0.2) is 0 Å². The molecule has 0 unspecified atom stereocenters. The molecule has 0 aliphatic heterocycles. The van der Waals surface area contributed by atoms with Crippen LogP contribution in [0, 0.1) is 0 Å². The molecule has 32 heavy (non-hydrogen) atoms. The van der Waals surface area contributed by atoms with Gasteiger partial charge in [0.2, 0.25) is 5.55 Å². The van der Waals surface area contributed by atoms with Crippen molar-refractivity contribution in [3.05, 3.63) is 114 Å². The molecule has 6 aromatic rings. The number of hydrogen-bond donors (Lipinski definition) is 0. The summed E-state index contributed by atoms with van der Waals surface area (Å²) in [5.74, 6) is 0. The van der Waals surface area contributed by atoms with Crippen molar-refractivity contribution in [1.29, 1.82) is 0 Å². The Morgan fingerprint density at radius 3 is 2.31 bits per heavy atom. The lowest BCUT2D eigenvalue weighted by atomic mass is 10.0. The normalized spacial score (nSPS) is 11.9. The summed E-state index contributed by atoms with van der Waals surface area (Å²) in [6.07, 6.45) is 0. The molecule has 0 saturated carbocycles. The van der Waals surface area contributed by atoms with E-state index in [4.69, 9.17) is 14.4 Å².